The molecule has 2 aromatic rings. The predicted molar refractivity (Wildman–Crippen MR) is 122 cm³/mol. The average Bonchev–Trinajstić information content (AvgIpc) is 3.28. The number of carbonyl (C=O) groups is 3. The van der Waals surface area contributed by atoms with Crippen molar-refractivity contribution in [3.63, 3.8) is 0 Å². The average molecular weight is 456 g/mol. The van der Waals surface area contributed by atoms with E-state index < -0.39 is 43.0 Å². The number of fused-ring (bicyclic) bond motifs is 1. The summed E-state index contributed by atoms with van der Waals surface area (Å²) in [6.45, 7) is 0.0476. The Balaban J connectivity index is 1.39. The molecule has 1 unspecified atom stereocenters. The molecule has 2 saturated heterocycles. The molecule has 0 aliphatic carbocycles. The molecule has 3 amide bonds. The molecule has 3 aliphatic heterocycles. The van der Waals surface area contributed by atoms with Gasteiger partial charge in [0.05, 0.1) is 14.6 Å². The summed E-state index contributed by atoms with van der Waals surface area (Å²) >= 11 is 0. The highest BCUT2D eigenvalue weighted by molar-refractivity contribution is 6.06. The number of hydrogen-bond donors (Lipinski definition) is 2. The largest absolute Gasteiger partial charge is 0.381 e. The van der Waals surface area contributed by atoms with E-state index in [0.717, 1.165) is 5.56 Å². The summed E-state index contributed by atoms with van der Waals surface area (Å²) in [4.78, 5) is 40.5. The maximum absolute atomic E-state index is 13.3. The van der Waals surface area contributed by atoms with Crippen LogP contribution in [0.25, 0.3) is 0 Å². The number of nitrogens with one attached hydrogen (secondary N) is 2. The van der Waals surface area contributed by atoms with Crippen molar-refractivity contribution in [2.24, 2.45) is 0 Å². The van der Waals surface area contributed by atoms with Crippen LogP contribution in [0, 0.1) is 0 Å². The molecular formula is C25H28N4O4. The van der Waals surface area contributed by atoms with Crippen LogP contribution in [0.2, 0.25) is 0 Å². The normalized spacial score (nSPS) is 30.0. The van der Waals surface area contributed by atoms with Gasteiger partial charge < -0.3 is 15.0 Å². The summed E-state index contributed by atoms with van der Waals surface area (Å²) in [5.41, 5.74) is 2.24. The lowest BCUT2D eigenvalue weighted by Crippen LogP contribution is -2.52. The zero-order valence-corrected chi connectivity index (χ0v) is 17.8. The Hall–Kier alpha value is -3.23. The van der Waals surface area contributed by atoms with Crippen LogP contribution in [0.4, 0.5) is 5.69 Å². The zero-order chi connectivity index (χ0) is 29.1. The zero-order valence-electron chi connectivity index (χ0n) is 24.8. The van der Waals surface area contributed by atoms with Gasteiger partial charge in [-0.1, -0.05) is 30.3 Å². The summed E-state index contributed by atoms with van der Waals surface area (Å²) in [5, 5.41) is 4.92. The lowest BCUT2D eigenvalue weighted by atomic mass is 10.0. The van der Waals surface area contributed by atoms with E-state index in [1.807, 2.05) is 6.07 Å². The molecule has 0 radical (unpaired) electrons. The van der Waals surface area contributed by atoms with E-state index in [9.17, 15) is 14.4 Å². The van der Waals surface area contributed by atoms with Gasteiger partial charge in [0.25, 0.3) is 5.91 Å². The number of anilines is 1. The molecule has 2 aromatic carbocycles. The van der Waals surface area contributed by atoms with Crippen LogP contribution in [0.5, 0.6) is 0 Å². The van der Waals surface area contributed by atoms with Gasteiger partial charge in [0.15, 0.2) is 0 Å². The third kappa shape index (κ3) is 4.62. The molecule has 0 aromatic heterocycles. The number of rotatable bonds is 6. The molecule has 5 rings (SSSR count). The van der Waals surface area contributed by atoms with Crippen molar-refractivity contribution < 1.29 is 28.7 Å². The highest BCUT2D eigenvalue weighted by Gasteiger charge is 2.39. The molecular weight excluding hydrogens is 420 g/mol. The molecule has 8 heteroatoms. The fourth-order valence-corrected chi connectivity index (χ4v) is 4.04. The second-order valence-electron chi connectivity index (χ2n) is 7.87. The van der Waals surface area contributed by atoms with Crippen LogP contribution in [-0.4, -0.2) is 59.8 Å². The maximum atomic E-state index is 13.3. The van der Waals surface area contributed by atoms with Gasteiger partial charge in [0.2, 0.25) is 11.8 Å². The Morgan fingerprint density at radius 3 is 2.79 bits per heavy atom. The third-order valence-electron chi connectivity index (χ3n) is 5.68. The number of carbonyl (C=O) groups excluding carboxylic acids is 3. The summed E-state index contributed by atoms with van der Waals surface area (Å²) in [6.07, 6.45) is -6.58. The summed E-state index contributed by atoms with van der Waals surface area (Å²) in [7, 11) is 0. The van der Waals surface area contributed by atoms with E-state index in [1.165, 1.54) is 6.07 Å². The maximum Gasteiger partial charge on any atom is 0.255 e. The summed E-state index contributed by atoms with van der Waals surface area (Å²) < 4.78 is 63.7. The number of piperidine rings is 1. The quantitative estimate of drug-likeness (QED) is 0.647. The number of morpholine rings is 1. The Bertz CT molecular complexity index is 1380. The minimum absolute atomic E-state index is 0.120. The first-order valence-corrected chi connectivity index (χ1v) is 10.7. The van der Waals surface area contributed by atoms with E-state index in [-0.39, 0.29) is 18.7 Å². The second-order valence-corrected chi connectivity index (χ2v) is 7.87. The monoisotopic (exact) mass is 455 g/mol. The van der Waals surface area contributed by atoms with Crippen LogP contribution >= 0.6 is 0 Å². The van der Waals surface area contributed by atoms with Crippen LogP contribution in [0.3, 0.4) is 0 Å². The first-order valence-electron chi connectivity index (χ1n) is 14.2. The fourth-order valence-electron chi connectivity index (χ4n) is 4.04. The van der Waals surface area contributed by atoms with Crippen molar-refractivity contribution in [2.75, 3.05) is 31.6 Å². The van der Waals surface area contributed by atoms with Crippen molar-refractivity contribution >= 4 is 23.4 Å². The second kappa shape index (κ2) is 9.33. The number of ether oxygens (including phenoxy) is 1. The fraction of sp³-hybridized carbons (Fsp3) is 0.400. The van der Waals surface area contributed by atoms with Crippen LogP contribution < -0.4 is 10.6 Å². The Labute approximate surface area is 202 Å². The predicted octanol–water partition coefficient (Wildman–Crippen LogP) is 1.89. The number of amides is 3. The molecule has 172 valence electrons. The standard InChI is InChI=1S/C25H28N4O4/c30-23-8-7-22(24(31)27-23)29-16-20-19(25(29)32)5-2-6-21(20)26-14-17-3-1-4-18(13-17)15-28-9-11-33-12-10-28/h1-6,13,22,26H,7-12,14-16H2,(H,27,30,31)/i7D2,8D2,15D2,22D. The molecule has 0 spiro atoms. The number of nitrogens with zero attached hydrogens (tertiary/aromatic N) is 2. The van der Waals surface area contributed by atoms with E-state index in [0.29, 0.717) is 48.0 Å². The SMILES string of the molecule is [2H]C([2H])(c1cccc(CNc2cccc3c2CN(C2([2H])C(=O)NC(=O)C([2H])([2H])C2([2H])[2H])C3=O)c1)N1CCOCC1. The van der Waals surface area contributed by atoms with Gasteiger partial charge in [-0.25, -0.2) is 0 Å². The molecule has 33 heavy (non-hydrogen) atoms. The van der Waals surface area contributed by atoms with Gasteiger partial charge in [-0.2, -0.15) is 0 Å². The van der Waals surface area contributed by atoms with E-state index >= 15 is 0 Å². The molecule has 3 heterocycles. The highest BCUT2D eigenvalue weighted by atomic mass is 16.5. The van der Waals surface area contributed by atoms with E-state index in [2.05, 4.69) is 5.32 Å². The van der Waals surface area contributed by atoms with Crippen molar-refractivity contribution in [1.82, 2.24) is 15.1 Å². The van der Waals surface area contributed by atoms with E-state index in [1.54, 1.807) is 40.5 Å². The van der Waals surface area contributed by atoms with Crippen molar-refractivity contribution in [3.05, 3.63) is 64.7 Å². The van der Waals surface area contributed by atoms with Crippen LogP contribution in [-0.2, 0) is 33.9 Å². The van der Waals surface area contributed by atoms with Gasteiger partial charge in [0, 0.05) is 64.1 Å². The lowest BCUT2D eigenvalue weighted by Gasteiger charge is -2.29. The van der Waals surface area contributed by atoms with Crippen LogP contribution in [0.15, 0.2) is 42.5 Å². The van der Waals surface area contributed by atoms with Crippen molar-refractivity contribution in [1.29, 1.82) is 0 Å². The molecule has 8 nitrogen and oxygen atoms in total. The minimum atomic E-state index is -3.34. The van der Waals surface area contributed by atoms with Gasteiger partial charge >= 0.3 is 0 Å². The number of hydrogen-bond acceptors (Lipinski definition) is 6. The molecule has 0 bridgehead atoms. The third-order valence-corrected chi connectivity index (χ3v) is 5.68. The van der Waals surface area contributed by atoms with Gasteiger partial charge in [0.1, 0.15) is 6.02 Å². The van der Waals surface area contributed by atoms with E-state index in [4.69, 9.17) is 14.3 Å². The molecule has 3 aliphatic rings. The van der Waals surface area contributed by atoms with Crippen LogP contribution in [0.1, 0.15) is 49.4 Å². The lowest BCUT2D eigenvalue weighted by molar-refractivity contribution is -0.136. The Morgan fingerprint density at radius 1 is 1.15 bits per heavy atom. The molecule has 2 N–H and O–H groups in total. The van der Waals surface area contributed by atoms with Crippen molar-refractivity contribution in [3.8, 4) is 0 Å². The van der Waals surface area contributed by atoms with Gasteiger partial charge in [-0.05, 0) is 29.6 Å². The van der Waals surface area contributed by atoms with Crippen molar-refractivity contribution in [2.45, 2.75) is 38.4 Å². The Morgan fingerprint density at radius 2 is 1.94 bits per heavy atom. The summed E-state index contributed by atoms with van der Waals surface area (Å²) in [6, 6.07) is 8.75. The molecule has 1 atom stereocenters. The van der Waals surface area contributed by atoms with Gasteiger partial charge in [-0.3, -0.25) is 24.6 Å². The number of imide groups is 1. The first kappa shape index (κ1) is 14.8. The first-order chi connectivity index (χ1) is 18.7. The topological polar surface area (TPSA) is 91.0 Å². The molecule has 0 saturated carbocycles. The minimum Gasteiger partial charge on any atom is -0.381 e. The molecule has 2 fully saturated rings. The van der Waals surface area contributed by atoms with Gasteiger partial charge in [-0.15, -0.1) is 0 Å². The Kier molecular flexibility index (Phi) is 4.19. The summed E-state index contributed by atoms with van der Waals surface area (Å²) in [5.74, 6) is -3.75. The smallest absolute Gasteiger partial charge is 0.255 e. The highest BCUT2D eigenvalue weighted by Crippen LogP contribution is 2.32. The number of benzene rings is 2.